The van der Waals surface area contributed by atoms with Gasteiger partial charge in [-0.2, -0.15) is 5.26 Å². The van der Waals surface area contributed by atoms with E-state index < -0.39 is 34.9 Å². The molecular weight excluding hydrogens is 515 g/mol. The minimum absolute atomic E-state index is 0.0305. The number of benzene rings is 2. The second-order valence-electron chi connectivity index (χ2n) is 11.5. The molecule has 2 aromatic rings. The van der Waals surface area contributed by atoms with Crippen LogP contribution in [-0.2, 0) is 22.4 Å². The Morgan fingerprint density at radius 1 is 1.20 bits per heavy atom. The van der Waals surface area contributed by atoms with E-state index in [2.05, 4.69) is 5.32 Å². The van der Waals surface area contributed by atoms with Gasteiger partial charge in [-0.15, -0.1) is 0 Å². The average molecular weight is 551 g/mol. The number of amides is 3. The number of nitriles is 1. The van der Waals surface area contributed by atoms with E-state index in [-0.39, 0.29) is 37.6 Å². The summed E-state index contributed by atoms with van der Waals surface area (Å²) in [5, 5.41) is 22.1. The van der Waals surface area contributed by atoms with Crippen molar-refractivity contribution in [1.29, 1.82) is 5.26 Å². The van der Waals surface area contributed by atoms with Crippen LogP contribution >= 0.6 is 0 Å². The van der Waals surface area contributed by atoms with Crippen LogP contribution in [0.25, 0.3) is 11.1 Å². The molecule has 10 heteroatoms. The molecule has 2 N–H and O–H groups in total. The number of halogens is 1. The van der Waals surface area contributed by atoms with Gasteiger partial charge in [0.05, 0.1) is 12.6 Å². The third-order valence-electron chi connectivity index (χ3n) is 7.85. The standard InChI is InChI=1S/C30H35FN4O5/c1-29(2,3)30(18-35(28(38)39)11-5-13-40-30)27(37)33-23(17-32)15-22-7-6-20(16-25(22)31)19-8-9-24-21(14-19)10-12-34(4)26(24)36/h6-9,14,16,23H,5,10-13,15,18H2,1-4H3,(H,33,37)(H,38,39)/t23-,30?/m0/s1. The largest absolute Gasteiger partial charge is 0.465 e. The number of hydrogen-bond acceptors (Lipinski definition) is 5. The lowest BCUT2D eigenvalue weighted by Gasteiger charge is -2.43. The highest BCUT2D eigenvalue weighted by molar-refractivity contribution is 5.97. The molecule has 2 aliphatic heterocycles. The van der Waals surface area contributed by atoms with Gasteiger partial charge < -0.3 is 25.0 Å². The van der Waals surface area contributed by atoms with Crippen LogP contribution in [0.5, 0.6) is 0 Å². The molecule has 0 aromatic heterocycles. The van der Waals surface area contributed by atoms with E-state index in [0.29, 0.717) is 24.1 Å². The minimum atomic E-state index is -1.53. The molecule has 1 fully saturated rings. The summed E-state index contributed by atoms with van der Waals surface area (Å²) in [4.78, 5) is 40.6. The maximum atomic E-state index is 15.3. The first-order valence-electron chi connectivity index (χ1n) is 13.4. The van der Waals surface area contributed by atoms with Gasteiger partial charge in [0.15, 0.2) is 5.60 Å². The smallest absolute Gasteiger partial charge is 0.407 e. The highest BCUT2D eigenvalue weighted by atomic mass is 19.1. The van der Waals surface area contributed by atoms with Crippen LogP contribution in [-0.4, -0.2) is 77.7 Å². The third kappa shape index (κ3) is 5.65. The Hall–Kier alpha value is -3.97. The van der Waals surface area contributed by atoms with Crippen molar-refractivity contribution in [3.05, 3.63) is 58.9 Å². The molecule has 0 bridgehead atoms. The summed E-state index contributed by atoms with van der Waals surface area (Å²) >= 11 is 0. The molecule has 9 nitrogen and oxygen atoms in total. The number of ether oxygens (including phenoxy) is 1. The van der Waals surface area contributed by atoms with E-state index in [1.165, 1.54) is 6.07 Å². The summed E-state index contributed by atoms with van der Waals surface area (Å²) in [5.41, 5.74) is 0.933. The molecule has 212 valence electrons. The number of carbonyl (C=O) groups excluding carboxylic acids is 2. The Balaban J connectivity index is 1.53. The van der Waals surface area contributed by atoms with Gasteiger partial charge in [0.25, 0.3) is 11.8 Å². The van der Waals surface area contributed by atoms with Crippen LogP contribution in [0, 0.1) is 22.6 Å². The van der Waals surface area contributed by atoms with Crippen molar-refractivity contribution in [2.45, 2.75) is 51.7 Å². The number of hydrogen-bond donors (Lipinski definition) is 2. The molecule has 0 aliphatic carbocycles. The maximum Gasteiger partial charge on any atom is 0.407 e. The van der Waals surface area contributed by atoms with E-state index in [1.807, 2.05) is 12.1 Å². The molecule has 2 atom stereocenters. The summed E-state index contributed by atoms with van der Waals surface area (Å²) < 4.78 is 21.3. The van der Waals surface area contributed by atoms with E-state index >= 15 is 4.39 Å². The van der Waals surface area contributed by atoms with Crippen molar-refractivity contribution in [3.8, 4) is 17.2 Å². The van der Waals surface area contributed by atoms with Gasteiger partial charge in [-0.1, -0.05) is 45.0 Å². The number of fused-ring (bicyclic) bond motifs is 1. The molecule has 2 heterocycles. The van der Waals surface area contributed by atoms with Crippen LogP contribution in [0.15, 0.2) is 36.4 Å². The lowest BCUT2D eigenvalue weighted by molar-refractivity contribution is -0.165. The molecule has 4 rings (SSSR count). The fourth-order valence-corrected chi connectivity index (χ4v) is 5.29. The zero-order valence-corrected chi connectivity index (χ0v) is 23.3. The quantitative estimate of drug-likeness (QED) is 0.583. The Kier molecular flexibility index (Phi) is 8.17. The second-order valence-corrected chi connectivity index (χ2v) is 11.5. The van der Waals surface area contributed by atoms with Gasteiger partial charge in [0.1, 0.15) is 11.9 Å². The van der Waals surface area contributed by atoms with Crippen molar-refractivity contribution < 1.29 is 28.6 Å². The fraction of sp³-hybridized carbons (Fsp3) is 0.467. The van der Waals surface area contributed by atoms with Crippen molar-refractivity contribution in [1.82, 2.24) is 15.1 Å². The molecule has 1 unspecified atom stereocenters. The number of likely N-dealkylation sites (N-methyl/N-ethyl adjacent to an activating group) is 1. The predicted molar refractivity (Wildman–Crippen MR) is 146 cm³/mol. The summed E-state index contributed by atoms with van der Waals surface area (Å²) in [6.07, 6.45) is -0.0699. The Morgan fingerprint density at radius 3 is 2.55 bits per heavy atom. The van der Waals surface area contributed by atoms with E-state index in [4.69, 9.17) is 4.74 Å². The molecule has 3 amide bonds. The van der Waals surface area contributed by atoms with Crippen LogP contribution in [0.3, 0.4) is 0 Å². The summed E-state index contributed by atoms with van der Waals surface area (Å²) in [6.45, 7) is 6.22. The zero-order chi connectivity index (χ0) is 29.2. The van der Waals surface area contributed by atoms with Crippen LogP contribution < -0.4 is 5.32 Å². The minimum Gasteiger partial charge on any atom is -0.465 e. The van der Waals surface area contributed by atoms with Crippen molar-refractivity contribution in [3.63, 3.8) is 0 Å². The van der Waals surface area contributed by atoms with Gasteiger partial charge in [0.2, 0.25) is 0 Å². The second kappa shape index (κ2) is 11.3. The zero-order valence-electron chi connectivity index (χ0n) is 23.3. The molecule has 0 radical (unpaired) electrons. The van der Waals surface area contributed by atoms with Crippen LogP contribution in [0.1, 0.15) is 48.7 Å². The molecule has 0 spiro atoms. The number of nitrogens with zero attached hydrogens (tertiary/aromatic N) is 3. The van der Waals surface area contributed by atoms with E-state index in [0.717, 1.165) is 22.4 Å². The molecule has 40 heavy (non-hydrogen) atoms. The first kappa shape index (κ1) is 29.0. The fourth-order valence-electron chi connectivity index (χ4n) is 5.29. The Morgan fingerprint density at radius 2 is 1.90 bits per heavy atom. The van der Waals surface area contributed by atoms with Gasteiger partial charge >= 0.3 is 6.09 Å². The number of carboxylic acid groups (broad SMARTS) is 1. The number of nitrogens with one attached hydrogen (secondary N) is 1. The van der Waals surface area contributed by atoms with Crippen molar-refractivity contribution >= 4 is 17.9 Å². The monoisotopic (exact) mass is 550 g/mol. The van der Waals surface area contributed by atoms with Gasteiger partial charge in [0, 0.05) is 44.1 Å². The number of rotatable bonds is 5. The first-order chi connectivity index (χ1) is 18.9. The first-order valence-corrected chi connectivity index (χ1v) is 13.4. The SMILES string of the molecule is CN1CCc2cc(-c3ccc(C[C@@H](C#N)NC(=O)C4(C(C)(C)C)CN(C(=O)O)CCCO4)c(F)c3)ccc2C1=O. The molecule has 1 saturated heterocycles. The molecule has 2 aromatic carbocycles. The van der Waals surface area contributed by atoms with Crippen molar-refractivity contribution in [2.75, 3.05) is 33.3 Å². The summed E-state index contributed by atoms with van der Waals surface area (Å²) in [5.74, 6) is -1.16. The molecule has 0 saturated carbocycles. The highest BCUT2D eigenvalue weighted by Gasteiger charge is 2.53. The Bertz CT molecular complexity index is 1360. The van der Waals surface area contributed by atoms with E-state index in [1.54, 1.807) is 57.0 Å². The van der Waals surface area contributed by atoms with E-state index in [9.17, 15) is 24.8 Å². The normalized spacial score (nSPS) is 20.2. The lowest BCUT2D eigenvalue weighted by atomic mass is 9.75. The predicted octanol–water partition coefficient (Wildman–Crippen LogP) is 3.86. The highest BCUT2D eigenvalue weighted by Crippen LogP contribution is 2.37. The average Bonchev–Trinajstić information content (AvgIpc) is 3.16. The Labute approximate surface area is 233 Å². The maximum absolute atomic E-state index is 15.3. The van der Waals surface area contributed by atoms with Crippen molar-refractivity contribution in [2.24, 2.45) is 5.41 Å². The van der Waals surface area contributed by atoms with Crippen LogP contribution in [0.2, 0.25) is 0 Å². The van der Waals surface area contributed by atoms with Gasteiger partial charge in [-0.05, 0) is 47.2 Å². The molecular formula is C30H35FN4O5. The van der Waals surface area contributed by atoms with Gasteiger partial charge in [-0.3, -0.25) is 9.59 Å². The summed E-state index contributed by atoms with van der Waals surface area (Å²) in [7, 11) is 1.77. The lowest BCUT2D eigenvalue weighted by Crippen LogP contribution is -2.63. The topological polar surface area (TPSA) is 123 Å². The van der Waals surface area contributed by atoms with Gasteiger partial charge in [-0.25, -0.2) is 9.18 Å². The van der Waals surface area contributed by atoms with Crippen LogP contribution in [0.4, 0.5) is 9.18 Å². The third-order valence-corrected chi connectivity index (χ3v) is 7.85. The summed E-state index contributed by atoms with van der Waals surface area (Å²) in [6, 6.07) is 11.2. The molecule has 2 aliphatic rings. The number of carbonyl (C=O) groups is 3.